The van der Waals surface area contributed by atoms with E-state index >= 15 is 0 Å². The van der Waals surface area contributed by atoms with Crippen LogP contribution in [0.3, 0.4) is 0 Å². The molecule has 0 amide bonds. The summed E-state index contributed by atoms with van der Waals surface area (Å²) in [6, 6.07) is 0. The van der Waals surface area contributed by atoms with Crippen molar-refractivity contribution in [3.63, 3.8) is 0 Å². The lowest BCUT2D eigenvalue weighted by Gasteiger charge is -2.37. The zero-order valence-electron chi connectivity index (χ0n) is 15.0. The molecule has 2 saturated heterocycles. The summed E-state index contributed by atoms with van der Waals surface area (Å²) in [5, 5.41) is 3.55. The quantitative estimate of drug-likeness (QED) is 0.304. The van der Waals surface area contributed by atoms with Gasteiger partial charge in [0, 0.05) is 52.9 Å². The van der Waals surface area contributed by atoms with Gasteiger partial charge in [0.05, 0.1) is 6.61 Å². The Balaban J connectivity index is 0.00000208. The van der Waals surface area contributed by atoms with Gasteiger partial charge < -0.3 is 15.0 Å². The number of hydrogen-bond acceptors (Lipinski definition) is 3. The Labute approximate surface area is 163 Å². The highest BCUT2D eigenvalue weighted by Crippen LogP contribution is 2.20. The van der Waals surface area contributed by atoms with E-state index in [2.05, 4.69) is 26.2 Å². The molecular weight excluding hydrogens is 415 g/mol. The Morgan fingerprint density at radius 2 is 2.17 bits per heavy atom. The van der Waals surface area contributed by atoms with Gasteiger partial charge in [0.2, 0.25) is 0 Å². The third kappa shape index (κ3) is 5.88. The van der Waals surface area contributed by atoms with Gasteiger partial charge in [-0.25, -0.2) is 0 Å². The molecular formula is C18H33IN4O. The van der Waals surface area contributed by atoms with E-state index in [1.54, 1.807) is 5.57 Å². The van der Waals surface area contributed by atoms with Crippen molar-refractivity contribution < 1.29 is 4.74 Å². The van der Waals surface area contributed by atoms with Gasteiger partial charge in [0.25, 0.3) is 0 Å². The summed E-state index contributed by atoms with van der Waals surface area (Å²) in [4.78, 5) is 9.47. The lowest BCUT2D eigenvalue weighted by atomic mass is 10.1. The number of rotatable bonds is 5. The zero-order chi connectivity index (χ0) is 15.9. The molecule has 24 heavy (non-hydrogen) atoms. The number of aliphatic imine (C=N–C) groups is 1. The predicted molar refractivity (Wildman–Crippen MR) is 110 cm³/mol. The monoisotopic (exact) mass is 448 g/mol. The molecule has 2 heterocycles. The Morgan fingerprint density at radius 3 is 2.79 bits per heavy atom. The number of nitrogens with one attached hydrogen (secondary N) is 1. The van der Waals surface area contributed by atoms with Crippen molar-refractivity contribution in [2.24, 2.45) is 10.9 Å². The fourth-order valence-corrected chi connectivity index (χ4v) is 3.87. The largest absolute Gasteiger partial charge is 0.381 e. The van der Waals surface area contributed by atoms with Crippen LogP contribution in [-0.2, 0) is 4.74 Å². The van der Waals surface area contributed by atoms with Crippen LogP contribution >= 0.6 is 24.0 Å². The first-order chi connectivity index (χ1) is 11.3. The van der Waals surface area contributed by atoms with Gasteiger partial charge in [-0.3, -0.25) is 9.89 Å². The molecule has 1 N–H and O–H groups in total. The first-order valence-electron chi connectivity index (χ1n) is 9.29. The molecule has 0 bridgehead atoms. The van der Waals surface area contributed by atoms with Crippen molar-refractivity contribution in [3.8, 4) is 0 Å². The van der Waals surface area contributed by atoms with Crippen LogP contribution in [0.2, 0.25) is 0 Å². The second-order valence-corrected chi connectivity index (χ2v) is 7.00. The molecule has 0 saturated carbocycles. The maximum atomic E-state index is 5.49. The predicted octanol–water partition coefficient (Wildman–Crippen LogP) is 2.33. The van der Waals surface area contributed by atoms with E-state index in [-0.39, 0.29) is 24.0 Å². The molecule has 2 aliphatic heterocycles. The Morgan fingerprint density at radius 1 is 1.33 bits per heavy atom. The van der Waals surface area contributed by atoms with Crippen LogP contribution in [0.25, 0.3) is 0 Å². The van der Waals surface area contributed by atoms with Crippen molar-refractivity contribution in [3.05, 3.63) is 11.6 Å². The molecule has 0 spiro atoms. The minimum absolute atomic E-state index is 0. The standard InChI is InChI=1S/C18H32N4O.HI/c1-19-18(20-8-6-16-4-2-3-5-16)22-11-9-21(10-12-22)14-17-7-13-23-15-17;/h4,17H,2-3,5-15H2,1H3,(H,19,20);1H. The Kier molecular flexibility index (Phi) is 8.83. The van der Waals surface area contributed by atoms with Crippen LogP contribution < -0.4 is 5.32 Å². The molecule has 3 aliphatic rings. The van der Waals surface area contributed by atoms with Crippen LogP contribution in [0.15, 0.2) is 16.6 Å². The second kappa shape index (κ2) is 10.6. The number of allylic oxidation sites excluding steroid dienone is 1. The molecule has 1 unspecified atom stereocenters. The highest BCUT2D eigenvalue weighted by atomic mass is 127. The molecule has 0 aromatic carbocycles. The van der Waals surface area contributed by atoms with E-state index in [4.69, 9.17) is 4.74 Å². The van der Waals surface area contributed by atoms with Crippen LogP contribution in [0.1, 0.15) is 32.1 Å². The summed E-state index contributed by atoms with van der Waals surface area (Å²) in [5.41, 5.74) is 1.62. The number of ether oxygens (including phenoxy) is 1. The van der Waals surface area contributed by atoms with Gasteiger partial charge in [-0.05, 0) is 38.0 Å². The van der Waals surface area contributed by atoms with Crippen molar-refractivity contribution >= 4 is 29.9 Å². The minimum atomic E-state index is 0. The number of hydrogen-bond donors (Lipinski definition) is 1. The molecule has 0 aromatic rings. The number of nitrogens with zero attached hydrogens (tertiary/aromatic N) is 3. The van der Waals surface area contributed by atoms with Crippen LogP contribution in [0.5, 0.6) is 0 Å². The fraction of sp³-hybridized carbons (Fsp3) is 0.833. The summed E-state index contributed by atoms with van der Waals surface area (Å²) in [6.45, 7) is 8.57. The van der Waals surface area contributed by atoms with E-state index < -0.39 is 0 Å². The van der Waals surface area contributed by atoms with E-state index in [1.165, 1.54) is 38.6 Å². The van der Waals surface area contributed by atoms with Crippen molar-refractivity contribution in [2.45, 2.75) is 32.1 Å². The smallest absolute Gasteiger partial charge is 0.193 e. The van der Waals surface area contributed by atoms with Gasteiger partial charge in [-0.1, -0.05) is 11.6 Å². The Bertz CT molecular complexity index is 427. The zero-order valence-corrected chi connectivity index (χ0v) is 17.3. The fourth-order valence-electron chi connectivity index (χ4n) is 3.87. The van der Waals surface area contributed by atoms with Crippen molar-refractivity contribution in [1.82, 2.24) is 15.1 Å². The minimum Gasteiger partial charge on any atom is -0.381 e. The molecule has 3 rings (SSSR count). The highest BCUT2D eigenvalue weighted by Gasteiger charge is 2.23. The number of halogens is 1. The third-order valence-electron chi connectivity index (χ3n) is 5.29. The average molecular weight is 448 g/mol. The summed E-state index contributed by atoms with van der Waals surface area (Å²) in [7, 11) is 1.90. The van der Waals surface area contributed by atoms with Gasteiger partial charge in [-0.2, -0.15) is 0 Å². The summed E-state index contributed by atoms with van der Waals surface area (Å²) >= 11 is 0. The number of guanidine groups is 1. The van der Waals surface area contributed by atoms with Crippen LogP contribution in [0, 0.1) is 5.92 Å². The van der Waals surface area contributed by atoms with Crippen LogP contribution in [-0.4, -0.2) is 75.3 Å². The molecule has 138 valence electrons. The van der Waals surface area contributed by atoms with E-state index in [1.807, 2.05) is 7.05 Å². The van der Waals surface area contributed by atoms with Gasteiger partial charge in [0.15, 0.2) is 5.96 Å². The number of piperazine rings is 1. The lowest BCUT2D eigenvalue weighted by Crippen LogP contribution is -2.53. The molecule has 1 atom stereocenters. The van der Waals surface area contributed by atoms with Crippen LogP contribution in [0.4, 0.5) is 0 Å². The first-order valence-corrected chi connectivity index (χ1v) is 9.29. The lowest BCUT2D eigenvalue weighted by molar-refractivity contribution is 0.139. The van der Waals surface area contributed by atoms with Crippen molar-refractivity contribution in [2.75, 3.05) is 59.5 Å². The average Bonchev–Trinajstić information content (AvgIpc) is 3.26. The topological polar surface area (TPSA) is 40.1 Å². The second-order valence-electron chi connectivity index (χ2n) is 7.00. The summed E-state index contributed by atoms with van der Waals surface area (Å²) < 4.78 is 5.49. The molecule has 1 aliphatic carbocycles. The maximum Gasteiger partial charge on any atom is 0.193 e. The molecule has 5 nitrogen and oxygen atoms in total. The summed E-state index contributed by atoms with van der Waals surface area (Å²) in [6.07, 6.45) is 8.73. The Hall–Kier alpha value is -0.340. The molecule has 0 aromatic heterocycles. The third-order valence-corrected chi connectivity index (χ3v) is 5.29. The molecule has 6 heteroatoms. The molecule has 2 fully saturated rings. The first kappa shape index (κ1) is 20.0. The SMILES string of the molecule is CN=C(NCCC1=CCCC1)N1CCN(CC2CCOC2)CC1.I. The van der Waals surface area contributed by atoms with Crippen molar-refractivity contribution in [1.29, 1.82) is 0 Å². The normalized spacial score (nSPS) is 25.5. The van der Waals surface area contributed by atoms with Gasteiger partial charge in [0.1, 0.15) is 0 Å². The van der Waals surface area contributed by atoms with Gasteiger partial charge in [-0.15, -0.1) is 24.0 Å². The summed E-state index contributed by atoms with van der Waals surface area (Å²) in [5.74, 6) is 1.83. The highest BCUT2D eigenvalue weighted by molar-refractivity contribution is 14.0. The van der Waals surface area contributed by atoms with Gasteiger partial charge >= 0.3 is 0 Å². The van der Waals surface area contributed by atoms with E-state index in [9.17, 15) is 0 Å². The van der Waals surface area contributed by atoms with E-state index in [0.717, 1.165) is 57.8 Å². The molecule has 0 radical (unpaired) electrons. The van der Waals surface area contributed by atoms with E-state index in [0.29, 0.717) is 0 Å². The maximum absolute atomic E-state index is 5.49.